The van der Waals surface area contributed by atoms with E-state index in [-0.39, 0.29) is 0 Å². The molecule has 0 aliphatic heterocycles. The smallest absolute Gasteiger partial charge is 0.169 e. The Labute approximate surface area is 91.1 Å². The zero-order valence-electron chi connectivity index (χ0n) is 7.93. The largest absolute Gasteiger partial charge is 0.237 e. The highest BCUT2D eigenvalue weighted by Gasteiger charge is 2.10. The van der Waals surface area contributed by atoms with Gasteiger partial charge in [0.1, 0.15) is 0 Å². The summed E-state index contributed by atoms with van der Waals surface area (Å²) >= 11 is 1.35. The minimum atomic E-state index is -1.10. The topological polar surface area (TPSA) is 25.8 Å². The van der Waals surface area contributed by atoms with Gasteiger partial charge in [0, 0.05) is 17.3 Å². The minimum absolute atomic E-state index is 0.630. The molecule has 0 aliphatic rings. The summed E-state index contributed by atoms with van der Waals surface area (Å²) in [4.78, 5) is 9.70. The van der Waals surface area contributed by atoms with E-state index in [0.717, 1.165) is 4.88 Å². The second-order valence-corrected chi connectivity index (χ2v) is 4.03. The van der Waals surface area contributed by atoms with Crippen molar-refractivity contribution in [2.24, 2.45) is 0 Å². The molecule has 15 heavy (non-hydrogen) atoms. The number of allylic oxidation sites excluding steroid dienone is 1. The SMILES string of the molecule is C=CC(F)c1ccc(-c2ncccn2)s1. The highest BCUT2D eigenvalue weighted by molar-refractivity contribution is 7.15. The number of thiophene rings is 1. The minimum Gasteiger partial charge on any atom is -0.237 e. The van der Waals surface area contributed by atoms with Crippen molar-refractivity contribution < 1.29 is 4.39 Å². The normalized spacial score (nSPS) is 12.3. The van der Waals surface area contributed by atoms with Crippen LogP contribution < -0.4 is 0 Å². The van der Waals surface area contributed by atoms with Crippen LogP contribution in [0.25, 0.3) is 10.7 Å². The number of halogens is 1. The van der Waals surface area contributed by atoms with Crippen LogP contribution >= 0.6 is 11.3 Å². The number of rotatable bonds is 3. The van der Waals surface area contributed by atoms with Gasteiger partial charge in [-0.25, -0.2) is 14.4 Å². The van der Waals surface area contributed by atoms with E-state index in [1.165, 1.54) is 17.4 Å². The molecule has 0 bridgehead atoms. The van der Waals surface area contributed by atoms with Gasteiger partial charge < -0.3 is 0 Å². The quantitative estimate of drug-likeness (QED) is 0.741. The van der Waals surface area contributed by atoms with E-state index in [9.17, 15) is 4.39 Å². The second kappa shape index (κ2) is 4.31. The van der Waals surface area contributed by atoms with Crippen LogP contribution in [-0.2, 0) is 0 Å². The highest BCUT2D eigenvalue weighted by atomic mass is 32.1. The van der Waals surface area contributed by atoms with Gasteiger partial charge in [0.25, 0.3) is 0 Å². The van der Waals surface area contributed by atoms with Crippen LogP contribution in [0, 0.1) is 0 Å². The maximum atomic E-state index is 13.2. The molecule has 2 nitrogen and oxygen atoms in total. The number of hydrogen-bond acceptors (Lipinski definition) is 3. The molecule has 2 rings (SSSR count). The lowest BCUT2D eigenvalue weighted by Gasteiger charge is -1.96. The highest BCUT2D eigenvalue weighted by Crippen LogP contribution is 2.31. The van der Waals surface area contributed by atoms with E-state index in [1.54, 1.807) is 24.5 Å². The van der Waals surface area contributed by atoms with E-state index in [0.29, 0.717) is 10.7 Å². The van der Waals surface area contributed by atoms with Crippen molar-refractivity contribution in [1.82, 2.24) is 9.97 Å². The van der Waals surface area contributed by atoms with Crippen LogP contribution in [-0.4, -0.2) is 9.97 Å². The van der Waals surface area contributed by atoms with Gasteiger partial charge in [0.05, 0.1) is 4.88 Å². The molecule has 1 unspecified atom stereocenters. The van der Waals surface area contributed by atoms with Crippen molar-refractivity contribution in [2.45, 2.75) is 6.17 Å². The average Bonchev–Trinajstić information content (AvgIpc) is 2.78. The lowest BCUT2D eigenvalue weighted by atomic mass is 10.3. The average molecular weight is 220 g/mol. The first-order valence-corrected chi connectivity index (χ1v) is 5.26. The Morgan fingerprint density at radius 1 is 1.33 bits per heavy atom. The summed E-state index contributed by atoms with van der Waals surface area (Å²) in [7, 11) is 0. The van der Waals surface area contributed by atoms with Crippen LogP contribution in [0.5, 0.6) is 0 Å². The summed E-state index contributed by atoms with van der Waals surface area (Å²) in [5, 5.41) is 0. The molecule has 0 radical (unpaired) electrons. The van der Waals surface area contributed by atoms with Crippen molar-refractivity contribution in [3.63, 3.8) is 0 Å². The number of nitrogens with zero attached hydrogens (tertiary/aromatic N) is 2. The summed E-state index contributed by atoms with van der Waals surface area (Å²) < 4.78 is 13.2. The van der Waals surface area contributed by atoms with Gasteiger partial charge in [-0.1, -0.05) is 12.7 Å². The summed E-state index contributed by atoms with van der Waals surface area (Å²) in [6.07, 6.45) is 3.51. The van der Waals surface area contributed by atoms with Crippen LogP contribution in [0.15, 0.2) is 43.2 Å². The Bertz CT molecular complexity index is 453. The lowest BCUT2D eigenvalue weighted by Crippen LogP contribution is -1.82. The van der Waals surface area contributed by atoms with E-state index in [1.807, 2.05) is 6.07 Å². The Morgan fingerprint density at radius 3 is 2.73 bits per heavy atom. The predicted octanol–water partition coefficient (Wildman–Crippen LogP) is 3.40. The van der Waals surface area contributed by atoms with Gasteiger partial charge in [-0.3, -0.25) is 0 Å². The fraction of sp³-hybridized carbons (Fsp3) is 0.0909. The zero-order valence-corrected chi connectivity index (χ0v) is 8.75. The molecular formula is C11H9FN2S. The molecule has 2 heterocycles. The lowest BCUT2D eigenvalue weighted by molar-refractivity contribution is 0.421. The number of hydrogen-bond donors (Lipinski definition) is 0. The van der Waals surface area contributed by atoms with E-state index < -0.39 is 6.17 Å². The van der Waals surface area contributed by atoms with Crippen molar-refractivity contribution in [2.75, 3.05) is 0 Å². The van der Waals surface area contributed by atoms with Crippen LogP contribution in [0.3, 0.4) is 0 Å². The molecule has 76 valence electrons. The Morgan fingerprint density at radius 2 is 2.07 bits per heavy atom. The molecule has 1 atom stereocenters. The second-order valence-electron chi connectivity index (χ2n) is 2.91. The van der Waals surface area contributed by atoms with Crippen molar-refractivity contribution in [3.05, 3.63) is 48.1 Å². The molecule has 0 amide bonds. The van der Waals surface area contributed by atoms with E-state index >= 15 is 0 Å². The first-order chi connectivity index (χ1) is 7.31. The van der Waals surface area contributed by atoms with Gasteiger partial charge in [0.15, 0.2) is 12.0 Å². The molecule has 0 aliphatic carbocycles. The van der Waals surface area contributed by atoms with Crippen molar-refractivity contribution in [1.29, 1.82) is 0 Å². The van der Waals surface area contributed by atoms with Gasteiger partial charge in [-0.05, 0) is 18.2 Å². The molecule has 0 aromatic carbocycles. The van der Waals surface area contributed by atoms with Gasteiger partial charge in [0.2, 0.25) is 0 Å². The van der Waals surface area contributed by atoms with E-state index in [4.69, 9.17) is 0 Å². The summed E-state index contributed by atoms with van der Waals surface area (Å²) in [6, 6.07) is 5.31. The van der Waals surface area contributed by atoms with Gasteiger partial charge in [-0.2, -0.15) is 0 Å². The molecule has 0 fully saturated rings. The van der Waals surface area contributed by atoms with Gasteiger partial charge in [-0.15, -0.1) is 11.3 Å². The molecular weight excluding hydrogens is 211 g/mol. The van der Waals surface area contributed by atoms with Gasteiger partial charge >= 0.3 is 0 Å². The molecule has 0 saturated carbocycles. The Hall–Kier alpha value is -1.55. The number of aromatic nitrogens is 2. The molecule has 2 aromatic rings. The maximum absolute atomic E-state index is 13.2. The molecule has 4 heteroatoms. The third kappa shape index (κ3) is 2.10. The number of alkyl halides is 1. The maximum Gasteiger partial charge on any atom is 0.169 e. The fourth-order valence-corrected chi connectivity index (χ4v) is 2.10. The molecule has 2 aromatic heterocycles. The third-order valence-electron chi connectivity index (χ3n) is 1.89. The summed E-state index contributed by atoms with van der Waals surface area (Å²) in [5.74, 6) is 0.630. The molecule has 0 saturated heterocycles. The van der Waals surface area contributed by atoms with E-state index in [2.05, 4.69) is 16.5 Å². The molecule has 0 spiro atoms. The van der Waals surface area contributed by atoms with Crippen LogP contribution in [0.2, 0.25) is 0 Å². The Kier molecular flexibility index (Phi) is 2.87. The fourth-order valence-electron chi connectivity index (χ4n) is 1.16. The monoisotopic (exact) mass is 220 g/mol. The third-order valence-corrected chi connectivity index (χ3v) is 3.03. The first-order valence-electron chi connectivity index (χ1n) is 4.45. The summed E-state index contributed by atoms with van der Waals surface area (Å²) in [6.45, 7) is 3.42. The molecule has 0 N–H and O–H groups in total. The van der Waals surface area contributed by atoms with Crippen molar-refractivity contribution in [3.8, 4) is 10.7 Å². The van der Waals surface area contributed by atoms with Crippen LogP contribution in [0.1, 0.15) is 11.0 Å². The van der Waals surface area contributed by atoms with Crippen molar-refractivity contribution >= 4 is 11.3 Å². The standard InChI is InChI=1S/C11H9FN2S/c1-2-8(12)9-4-5-10(15-9)11-13-6-3-7-14-11/h2-8H,1H2. The zero-order chi connectivity index (χ0) is 10.7. The Balaban J connectivity index is 2.32. The predicted molar refractivity (Wildman–Crippen MR) is 59.4 cm³/mol. The van der Waals surface area contributed by atoms with Crippen LogP contribution in [0.4, 0.5) is 4.39 Å². The summed E-state index contributed by atoms with van der Waals surface area (Å²) in [5.41, 5.74) is 0. The first kappa shape index (κ1) is 9.98.